The van der Waals surface area contributed by atoms with E-state index < -0.39 is 0 Å². The summed E-state index contributed by atoms with van der Waals surface area (Å²) in [5.41, 5.74) is 2.80. The quantitative estimate of drug-likeness (QED) is 0.836. The van der Waals surface area contributed by atoms with Crippen molar-refractivity contribution in [3.05, 3.63) is 47.0 Å². The standard InChI is InChI=1S/C21H29N5O/c1-16-5-3-4-6-19(16)15-24-10-7-18(8-11-24)21-23-22-20-9-12-25(17(2)27)13-14-26(20)21/h3-6,18H,7-15H2,1-2H3. The minimum absolute atomic E-state index is 0.153. The lowest BCUT2D eigenvalue weighted by Crippen LogP contribution is -2.34. The average Bonchev–Trinajstić information content (AvgIpc) is 2.95. The molecule has 2 aliphatic rings. The molecule has 0 unspecified atom stereocenters. The van der Waals surface area contributed by atoms with E-state index in [0.29, 0.717) is 5.92 Å². The van der Waals surface area contributed by atoms with Gasteiger partial charge in [0.1, 0.15) is 11.6 Å². The van der Waals surface area contributed by atoms with Gasteiger partial charge in [0.2, 0.25) is 5.91 Å². The van der Waals surface area contributed by atoms with Crippen molar-refractivity contribution >= 4 is 5.91 Å². The number of hydrogen-bond donors (Lipinski definition) is 0. The second-order valence-electron chi connectivity index (χ2n) is 7.86. The van der Waals surface area contributed by atoms with E-state index in [4.69, 9.17) is 0 Å². The van der Waals surface area contributed by atoms with Gasteiger partial charge in [0.05, 0.1) is 0 Å². The van der Waals surface area contributed by atoms with Crippen molar-refractivity contribution in [1.29, 1.82) is 0 Å². The molecule has 0 radical (unpaired) electrons. The Morgan fingerprint density at radius 2 is 1.85 bits per heavy atom. The molecule has 0 bridgehead atoms. The van der Waals surface area contributed by atoms with E-state index in [0.717, 1.165) is 70.2 Å². The number of benzene rings is 1. The van der Waals surface area contributed by atoms with E-state index in [-0.39, 0.29) is 5.91 Å². The molecule has 2 aromatic rings. The molecule has 0 spiro atoms. The van der Waals surface area contributed by atoms with Crippen LogP contribution < -0.4 is 0 Å². The van der Waals surface area contributed by atoms with Gasteiger partial charge in [-0.05, 0) is 44.0 Å². The first-order chi connectivity index (χ1) is 13.1. The number of piperidine rings is 1. The van der Waals surface area contributed by atoms with Gasteiger partial charge in [0.25, 0.3) is 0 Å². The molecule has 144 valence electrons. The molecular weight excluding hydrogens is 338 g/mol. The summed E-state index contributed by atoms with van der Waals surface area (Å²) in [6.07, 6.45) is 3.06. The van der Waals surface area contributed by atoms with Crippen molar-refractivity contribution in [1.82, 2.24) is 24.6 Å². The second kappa shape index (κ2) is 7.80. The normalized spacial score (nSPS) is 19.0. The van der Waals surface area contributed by atoms with E-state index in [1.165, 1.54) is 11.1 Å². The largest absolute Gasteiger partial charge is 0.341 e. The van der Waals surface area contributed by atoms with Gasteiger partial charge >= 0.3 is 0 Å². The highest BCUT2D eigenvalue weighted by Gasteiger charge is 2.28. The van der Waals surface area contributed by atoms with E-state index in [9.17, 15) is 4.79 Å². The van der Waals surface area contributed by atoms with Crippen LogP contribution in [0, 0.1) is 6.92 Å². The molecule has 0 aliphatic carbocycles. The van der Waals surface area contributed by atoms with Gasteiger partial charge in [-0.3, -0.25) is 9.69 Å². The Morgan fingerprint density at radius 1 is 1.07 bits per heavy atom. The summed E-state index contributed by atoms with van der Waals surface area (Å²) in [6, 6.07) is 8.67. The molecule has 0 atom stereocenters. The van der Waals surface area contributed by atoms with Gasteiger partial charge in [0, 0.05) is 45.4 Å². The average molecular weight is 367 g/mol. The summed E-state index contributed by atoms with van der Waals surface area (Å²) in [4.78, 5) is 16.2. The zero-order valence-electron chi connectivity index (χ0n) is 16.4. The van der Waals surface area contributed by atoms with Gasteiger partial charge < -0.3 is 9.47 Å². The number of carbonyl (C=O) groups is 1. The minimum atomic E-state index is 0.153. The fraction of sp³-hybridized carbons (Fsp3) is 0.571. The van der Waals surface area contributed by atoms with Gasteiger partial charge in [-0.25, -0.2) is 0 Å². The van der Waals surface area contributed by atoms with Crippen LogP contribution in [-0.2, 0) is 24.3 Å². The maximum absolute atomic E-state index is 11.7. The molecule has 6 nitrogen and oxygen atoms in total. The summed E-state index contributed by atoms with van der Waals surface area (Å²) in [7, 11) is 0. The van der Waals surface area contributed by atoms with E-state index in [2.05, 4.69) is 50.9 Å². The van der Waals surface area contributed by atoms with Gasteiger partial charge in [-0.1, -0.05) is 24.3 Å². The zero-order valence-corrected chi connectivity index (χ0v) is 16.4. The topological polar surface area (TPSA) is 54.3 Å². The summed E-state index contributed by atoms with van der Waals surface area (Å²) in [5, 5.41) is 8.99. The van der Waals surface area contributed by atoms with Crippen LogP contribution >= 0.6 is 0 Å². The molecule has 27 heavy (non-hydrogen) atoms. The first kappa shape index (κ1) is 18.2. The van der Waals surface area contributed by atoms with Crippen LogP contribution in [0.5, 0.6) is 0 Å². The van der Waals surface area contributed by atoms with Gasteiger partial charge in [-0.2, -0.15) is 0 Å². The summed E-state index contributed by atoms with van der Waals surface area (Å²) in [6.45, 7) is 9.41. The molecule has 1 aromatic carbocycles. The van der Waals surface area contributed by atoms with Crippen LogP contribution in [0.1, 0.15) is 48.5 Å². The van der Waals surface area contributed by atoms with Crippen LogP contribution in [0.25, 0.3) is 0 Å². The van der Waals surface area contributed by atoms with E-state index in [1.54, 1.807) is 6.92 Å². The second-order valence-corrected chi connectivity index (χ2v) is 7.86. The molecule has 1 saturated heterocycles. The number of carbonyl (C=O) groups excluding carboxylic acids is 1. The number of rotatable bonds is 3. The highest BCUT2D eigenvalue weighted by atomic mass is 16.2. The fourth-order valence-corrected chi connectivity index (χ4v) is 4.34. The van der Waals surface area contributed by atoms with Crippen LogP contribution in [0.15, 0.2) is 24.3 Å². The molecule has 1 amide bonds. The van der Waals surface area contributed by atoms with Crippen LogP contribution in [0.3, 0.4) is 0 Å². The lowest BCUT2D eigenvalue weighted by molar-refractivity contribution is -0.128. The molecule has 4 rings (SSSR count). The third-order valence-corrected chi connectivity index (χ3v) is 6.11. The number of amides is 1. The van der Waals surface area contributed by atoms with Crippen molar-refractivity contribution < 1.29 is 4.79 Å². The molecule has 1 aromatic heterocycles. The summed E-state index contributed by atoms with van der Waals surface area (Å²) < 4.78 is 2.28. The Labute approximate surface area is 161 Å². The van der Waals surface area contributed by atoms with Crippen molar-refractivity contribution in [3.63, 3.8) is 0 Å². The maximum atomic E-state index is 11.7. The Morgan fingerprint density at radius 3 is 2.59 bits per heavy atom. The SMILES string of the molecule is CC(=O)N1CCc2nnc(C3CCN(Cc4ccccc4C)CC3)n2CC1. The Hall–Kier alpha value is -2.21. The minimum Gasteiger partial charge on any atom is -0.341 e. The van der Waals surface area contributed by atoms with Crippen molar-refractivity contribution in [2.75, 3.05) is 26.2 Å². The first-order valence-electron chi connectivity index (χ1n) is 10.1. The Bertz CT molecular complexity index is 807. The number of fused-ring (bicyclic) bond motifs is 1. The number of nitrogens with zero attached hydrogens (tertiary/aromatic N) is 5. The fourth-order valence-electron chi connectivity index (χ4n) is 4.34. The third kappa shape index (κ3) is 3.90. The zero-order chi connectivity index (χ0) is 18.8. The molecule has 3 heterocycles. The van der Waals surface area contributed by atoms with Crippen LogP contribution in [0.4, 0.5) is 0 Å². The number of aromatic nitrogens is 3. The highest BCUT2D eigenvalue weighted by Crippen LogP contribution is 2.29. The van der Waals surface area contributed by atoms with Gasteiger partial charge in [0.15, 0.2) is 0 Å². The predicted molar refractivity (Wildman–Crippen MR) is 104 cm³/mol. The number of likely N-dealkylation sites (tertiary alicyclic amines) is 1. The predicted octanol–water partition coefficient (Wildman–Crippen LogP) is 2.37. The lowest BCUT2D eigenvalue weighted by Gasteiger charge is -2.32. The molecular formula is C21H29N5O. The molecule has 1 fully saturated rings. The Kier molecular flexibility index (Phi) is 5.25. The van der Waals surface area contributed by atoms with Gasteiger partial charge in [-0.15, -0.1) is 10.2 Å². The molecule has 6 heteroatoms. The van der Waals surface area contributed by atoms with Crippen LogP contribution in [-0.4, -0.2) is 56.7 Å². The number of hydrogen-bond acceptors (Lipinski definition) is 4. The molecule has 0 saturated carbocycles. The Balaban J connectivity index is 1.39. The van der Waals surface area contributed by atoms with Crippen molar-refractivity contribution in [2.24, 2.45) is 0 Å². The monoisotopic (exact) mass is 367 g/mol. The smallest absolute Gasteiger partial charge is 0.219 e. The third-order valence-electron chi connectivity index (χ3n) is 6.11. The molecule has 2 aliphatic heterocycles. The first-order valence-corrected chi connectivity index (χ1v) is 10.1. The van der Waals surface area contributed by atoms with Crippen molar-refractivity contribution in [3.8, 4) is 0 Å². The number of aryl methyl sites for hydroxylation is 1. The van der Waals surface area contributed by atoms with E-state index in [1.807, 2.05) is 4.90 Å². The van der Waals surface area contributed by atoms with Crippen molar-refractivity contribution in [2.45, 2.75) is 52.1 Å². The highest BCUT2D eigenvalue weighted by molar-refractivity contribution is 5.73. The van der Waals surface area contributed by atoms with Crippen LogP contribution in [0.2, 0.25) is 0 Å². The lowest BCUT2D eigenvalue weighted by atomic mass is 9.95. The maximum Gasteiger partial charge on any atom is 0.219 e. The molecule has 0 N–H and O–H groups in total. The summed E-state index contributed by atoms with van der Waals surface area (Å²) in [5.74, 6) is 2.80. The summed E-state index contributed by atoms with van der Waals surface area (Å²) >= 11 is 0. The van der Waals surface area contributed by atoms with E-state index >= 15 is 0 Å².